The highest BCUT2D eigenvalue weighted by Gasteiger charge is 2.25. The van der Waals surface area contributed by atoms with Crippen molar-refractivity contribution in [2.45, 2.75) is 33.2 Å². The van der Waals surface area contributed by atoms with Gasteiger partial charge in [0.05, 0.1) is 5.39 Å². The third-order valence-electron chi connectivity index (χ3n) is 4.29. The van der Waals surface area contributed by atoms with Crippen LogP contribution >= 0.6 is 11.3 Å². The van der Waals surface area contributed by atoms with Gasteiger partial charge in [-0.3, -0.25) is 14.2 Å². The Morgan fingerprint density at radius 3 is 2.54 bits per heavy atom. The number of primary amides is 1. The molecule has 0 saturated heterocycles. The lowest BCUT2D eigenvalue weighted by atomic mass is 10.1. The number of hydrogen-bond donors (Lipinski definition) is 1. The normalized spacial score (nSPS) is 12.5. The average molecular weight is 341 g/mol. The number of nitrogens with two attached hydrogens (primary N) is 1. The number of hydrogen-bond acceptors (Lipinski definition) is 4. The minimum atomic E-state index is -0.718. The van der Waals surface area contributed by atoms with Gasteiger partial charge >= 0.3 is 0 Å². The van der Waals surface area contributed by atoms with Gasteiger partial charge < -0.3 is 5.73 Å². The number of carbonyl (C=O) groups excluding carboxylic acids is 1. The standard InChI is InChI=1S/C18H19N3O2S/c1-4-13(15(19)22)21-16(12-8-6-5-7-9-12)20-17-14(18(21)23)10(2)11(3)24-17/h5-9,13H,4H2,1-3H3,(H2,19,22). The van der Waals surface area contributed by atoms with Crippen molar-refractivity contribution >= 4 is 27.5 Å². The number of aromatic nitrogens is 2. The van der Waals surface area contributed by atoms with E-state index in [1.54, 1.807) is 0 Å². The summed E-state index contributed by atoms with van der Waals surface area (Å²) in [4.78, 5) is 31.6. The molecule has 3 rings (SSSR count). The van der Waals surface area contributed by atoms with Gasteiger partial charge in [-0.1, -0.05) is 37.3 Å². The monoisotopic (exact) mass is 341 g/mol. The molecular weight excluding hydrogens is 322 g/mol. The molecule has 1 aromatic carbocycles. The molecule has 124 valence electrons. The lowest BCUT2D eigenvalue weighted by Crippen LogP contribution is -2.35. The number of amides is 1. The molecule has 1 unspecified atom stereocenters. The molecular formula is C18H19N3O2S. The molecule has 0 bridgehead atoms. The van der Waals surface area contributed by atoms with Crippen LogP contribution in [0.5, 0.6) is 0 Å². The van der Waals surface area contributed by atoms with E-state index in [0.29, 0.717) is 22.5 Å². The molecule has 5 nitrogen and oxygen atoms in total. The van der Waals surface area contributed by atoms with Gasteiger partial charge in [-0.05, 0) is 25.8 Å². The number of nitrogens with zero attached hydrogens (tertiary/aromatic N) is 2. The van der Waals surface area contributed by atoms with Crippen molar-refractivity contribution in [3.8, 4) is 11.4 Å². The molecule has 1 atom stereocenters. The molecule has 0 aliphatic heterocycles. The van der Waals surface area contributed by atoms with Crippen molar-refractivity contribution in [1.82, 2.24) is 9.55 Å². The van der Waals surface area contributed by atoms with Crippen LogP contribution in [-0.4, -0.2) is 15.5 Å². The molecule has 0 saturated carbocycles. The Morgan fingerprint density at radius 1 is 1.29 bits per heavy atom. The van der Waals surface area contributed by atoms with Gasteiger partial charge in [0, 0.05) is 10.4 Å². The summed E-state index contributed by atoms with van der Waals surface area (Å²) in [6.07, 6.45) is 0.435. The number of carbonyl (C=O) groups is 1. The molecule has 0 fully saturated rings. The summed E-state index contributed by atoms with van der Waals surface area (Å²) in [5.74, 6) is -0.0393. The van der Waals surface area contributed by atoms with Gasteiger partial charge in [0.25, 0.3) is 5.56 Å². The Morgan fingerprint density at radius 2 is 1.96 bits per heavy atom. The molecule has 2 N–H and O–H groups in total. The fourth-order valence-electron chi connectivity index (χ4n) is 2.90. The van der Waals surface area contributed by atoms with Crippen molar-refractivity contribution in [1.29, 1.82) is 0 Å². The van der Waals surface area contributed by atoms with Gasteiger partial charge in [-0.2, -0.15) is 0 Å². The molecule has 0 aliphatic carbocycles. The maximum atomic E-state index is 13.2. The lowest BCUT2D eigenvalue weighted by Gasteiger charge is -2.19. The van der Waals surface area contributed by atoms with Crippen LogP contribution in [0.3, 0.4) is 0 Å². The van der Waals surface area contributed by atoms with Crippen molar-refractivity contribution in [2.24, 2.45) is 5.73 Å². The maximum absolute atomic E-state index is 13.2. The van der Waals surface area contributed by atoms with E-state index in [1.165, 1.54) is 15.9 Å². The van der Waals surface area contributed by atoms with Crippen LogP contribution < -0.4 is 11.3 Å². The van der Waals surface area contributed by atoms with E-state index in [2.05, 4.69) is 0 Å². The first-order valence-electron chi connectivity index (χ1n) is 7.82. The first-order chi connectivity index (χ1) is 11.5. The van der Waals surface area contributed by atoms with Crippen LogP contribution in [0, 0.1) is 13.8 Å². The van der Waals surface area contributed by atoms with E-state index in [9.17, 15) is 9.59 Å². The number of thiophene rings is 1. The second-order valence-electron chi connectivity index (χ2n) is 5.77. The molecule has 24 heavy (non-hydrogen) atoms. The Bertz CT molecular complexity index is 973. The third-order valence-corrected chi connectivity index (χ3v) is 5.39. The molecule has 6 heteroatoms. The lowest BCUT2D eigenvalue weighted by molar-refractivity contribution is -0.121. The first-order valence-corrected chi connectivity index (χ1v) is 8.64. The summed E-state index contributed by atoms with van der Waals surface area (Å²) in [7, 11) is 0. The zero-order valence-electron chi connectivity index (χ0n) is 13.9. The second-order valence-corrected chi connectivity index (χ2v) is 6.97. The van der Waals surface area contributed by atoms with E-state index in [4.69, 9.17) is 10.7 Å². The minimum absolute atomic E-state index is 0.202. The minimum Gasteiger partial charge on any atom is -0.368 e. The summed E-state index contributed by atoms with van der Waals surface area (Å²) < 4.78 is 1.46. The van der Waals surface area contributed by atoms with Gasteiger partial charge in [-0.25, -0.2) is 4.98 Å². The molecule has 3 aromatic rings. The van der Waals surface area contributed by atoms with Crippen LogP contribution in [0.25, 0.3) is 21.6 Å². The number of aryl methyl sites for hydroxylation is 2. The Hall–Kier alpha value is -2.47. The molecule has 1 amide bonds. The summed E-state index contributed by atoms with van der Waals surface area (Å²) >= 11 is 1.50. The fourth-order valence-corrected chi connectivity index (χ4v) is 3.92. The van der Waals surface area contributed by atoms with E-state index in [1.807, 2.05) is 51.1 Å². The first kappa shape index (κ1) is 16.4. The van der Waals surface area contributed by atoms with Crippen molar-refractivity contribution < 1.29 is 4.79 Å². The van der Waals surface area contributed by atoms with Crippen LogP contribution in [-0.2, 0) is 4.79 Å². The van der Waals surface area contributed by atoms with E-state index < -0.39 is 11.9 Å². The van der Waals surface area contributed by atoms with Gasteiger partial charge in [0.2, 0.25) is 5.91 Å². The topological polar surface area (TPSA) is 78.0 Å². The smallest absolute Gasteiger partial charge is 0.263 e. The molecule has 2 heterocycles. The highest BCUT2D eigenvalue weighted by atomic mass is 32.1. The molecule has 0 aliphatic rings. The Labute approximate surface area is 143 Å². The number of rotatable bonds is 4. The average Bonchev–Trinajstić information content (AvgIpc) is 2.85. The summed E-state index contributed by atoms with van der Waals surface area (Å²) in [6, 6.07) is 8.70. The zero-order chi connectivity index (χ0) is 17.4. The van der Waals surface area contributed by atoms with Crippen molar-refractivity contribution in [3.05, 3.63) is 51.1 Å². The SMILES string of the molecule is CCC(C(N)=O)n1c(-c2ccccc2)nc2sc(C)c(C)c2c1=O. The number of fused-ring (bicyclic) bond motifs is 1. The predicted octanol–water partition coefficient (Wildman–Crippen LogP) is 3.18. The molecule has 2 aromatic heterocycles. The maximum Gasteiger partial charge on any atom is 0.263 e. The van der Waals surface area contributed by atoms with Gasteiger partial charge in [0.1, 0.15) is 16.7 Å². The van der Waals surface area contributed by atoms with Crippen LogP contribution in [0.15, 0.2) is 35.1 Å². The molecule has 0 radical (unpaired) electrons. The third kappa shape index (κ3) is 2.53. The van der Waals surface area contributed by atoms with Crippen LogP contribution in [0.4, 0.5) is 0 Å². The Kier molecular flexibility index (Phi) is 4.24. The number of benzene rings is 1. The summed E-state index contributed by atoms with van der Waals surface area (Å²) in [5, 5.41) is 0.580. The molecule has 0 spiro atoms. The van der Waals surface area contributed by atoms with E-state index >= 15 is 0 Å². The highest BCUT2D eigenvalue weighted by Crippen LogP contribution is 2.30. The highest BCUT2D eigenvalue weighted by molar-refractivity contribution is 7.18. The Balaban J connectivity index is 2.45. The van der Waals surface area contributed by atoms with Gasteiger partial charge in [-0.15, -0.1) is 11.3 Å². The van der Waals surface area contributed by atoms with E-state index in [-0.39, 0.29) is 5.56 Å². The van der Waals surface area contributed by atoms with E-state index in [0.717, 1.165) is 16.0 Å². The van der Waals surface area contributed by atoms with Crippen LogP contribution in [0.2, 0.25) is 0 Å². The quantitative estimate of drug-likeness (QED) is 0.791. The fraction of sp³-hybridized carbons (Fsp3) is 0.278. The predicted molar refractivity (Wildman–Crippen MR) is 97.3 cm³/mol. The van der Waals surface area contributed by atoms with Crippen molar-refractivity contribution in [2.75, 3.05) is 0 Å². The second kappa shape index (κ2) is 6.20. The van der Waals surface area contributed by atoms with Gasteiger partial charge in [0.15, 0.2) is 0 Å². The summed E-state index contributed by atoms with van der Waals surface area (Å²) in [5.41, 5.74) is 7.06. The zero-order valence-corrected chi connectivity index (χ0v) is 14.7. The largest absolute Gasteiger partial charge is 0.368 e. The van der Waals surface area contributed by atoms with Crippen LogP contribution in [0.1, 0.15) is 29.8 Å². The summed E-state index contributed by atoms with van der Waals surface area (Å²) in [6.45, 7) is 5.72. The van der Waals surface area contributed by atoms with Crippen molar-refractivity contribution in [3.63, 3.8) is 0 Å².